The molecule has 1 aliphatic heterocycles. The fourth-order valence-electron chi connectivity index (χ4n) is 3.68. The van der Waals surface area contributed by atoms with Gasteiger partial charge in [-0.15, -0.1) is 0 Å². The van der Waals surface area contributed by atoms with Gasteiger partial charge in [0.2, 0.25) is 0 Å². The predicted molar refractivity (Wildman–Crippen MR) is 112 cm³/mol. The number of piperidine rings is 1. The number of benzene rings is 2. The molecule has 0 amide bonds. The lowest BCUT2D eigenvalue weighted by molar-refractivity contribution is 0.356. The van der Waals surface area contributed by atoms with Gasteiger partial charge in [0.1, 0.15) is 4.90 Å². The van der Waals surface area contributed by atoms with Crippen LogP contribution in [0.15, 0.2) is 41.3 Å². The molecule has 1 heterocycles. The van der Waals surface area contributed by atoms with E-state index in [4.69, 9.17) is 25.8 Å². The number of hydrogen-bond donors (Lipinski definition) is 4. The van der Waals surface area contributed by atoms with E-state index in [0.717, 1.165) is 24.1 Å². The zero-order valence-electron chi connectivity index (χ0n) is 16.4. The van der Waals surface area contributed by atoms with Crippen molar-refractivity contribution >= 4 is 21.6 Å². The van der Waals surface area contributed by atoms with Crippen LogP contribution in [0.4, 0.5) is 5.69 Å². The molecule has 0 saturated carbocycles. The van der Waals surface area contributed by atoms with Gasteiger partial charge in [-0.3, -0.25) is 5.41 Å². The topological polar surface area (TPSA) is 141 Å². The number of hydrogen-bond acceptors (Lipinski definition) is 7. The average molecular weight is 419 g/mol. The first-order valence-corrected chi connectivity index (χ1v) is 10.7. The standard InChI is InChI=1S/C20H26N4O4S/c1-12-9-16(15-7-8-24-11-17(15)20(22)23)19(27-2)18(10-12)28-29(25,26)14-5-3-13(21)4-6-14/h3-6,9-10,15,17,24H,7-8,11,21H2,1-2H3,(H3,22,23). The molecule has 156 valence electrons. The summed E-state index contributed by atoms with van der Waals surface area (Å²) in [6, 6.07) is 9.36. The van der Waals surface area contributed by atoms with Crippen molar-refractivity contribution in [3.8, 4) is 11.5 Å². The van der Waals surface area contributed by atoms with E-state index in [1.165, 1.54) is 31.4 Å². The fourth-order valence-corrected chi connectivity index (χ4v) is 4.61. The summed E-state index contributed by atoms with van der Waals surface area (Å²) in [6.45, 7) is 3.21. The number of methoxy groups -OCH3 is 1. The van der Waals surface area contributed by atoms with Crippen LogP contribution in [0.2, 0.25) is 0 Å². The van der Waals surface area contributed by atoms with E-state index >= 15 is 0 Å². The van der Waals surface area contributed by atoms with E-state index < -0.39 is 10.1 Å². The third-order valence-corrected chi connectivity index (χ3v) is 6.33. The Labute approximate surface area is 170 Å². The molecule has 1 saturated heterocycles. The average Bonchev–Trinajstić information content (AvgIpc) is 2.67. The van der Waals surface area contributed by atoms with E-state index in [0.29, 0.717) is 18.0 Å². The number of nitrogens with two attached hydrogens (primary N) is 2. The van der Waals surface area contributed by atoms with Gasteiger partial charge in [-0.1, -0.05) is 6.07 Å². The lowest BCUT2D eigenvalue weighted by Gasteiger charge is -2.33. The van der Waals surface area contributed by atoms with Crippen LogP contribution in [-0.2, 0) is 10.1 Å². The number of ether oxygens (including phenoxy) is 1. The molecule has 0 bridgehead atoms. The number of rotatable bonds is 6. The molecule has 0 aliphatic carbocycles. The number of amidine groups is 1. The first-order valence-electron chi connectivity index (χ1n) is 9.26. The van der Waals surface area contributed by atoms with Gasteiger partial charge in [0.15, 0.2) is 11.5 Å². The summed E-state index contributed by atoms with van der Waals surface area (Å²) in [5.41, 5.74) is 13.5. The lowest BCUT2D eigenvalue weighted by atomic mass is 9.79. The molecule has 1 aliphatic rings. The van der Waals surface area contributed by atoms with E-state index in [-0.39, 0.29) is 28.3 Å². The Kier molecular flexibility index (Phi) is 5.99. The third kappa shape index (κ3) is 4.46. The Morgan fingerprint density at radius 1 is 1.24 bits per heavy atom. The van der Waals surface area contributed by atoms with Crippen LogP contribution < -0.4 is 25.7 Å². The van der Waals surface area contributed by atoms with Crippen molar-refractivity contribution in [1.29, 1.82) is 5.41 Å². The van der Waals surface area contributed by atoms with Crippen molar-refractivity contribution in [1.82, 2.24) is 5.32 Å². The summed E-state index contributed by atoms with van der Waals surface area (Å²) in [4.78, 5) is 0.000267. The summed E-state index contributed by atoms with van der Waals surface area (Å²) < 4.78 is 36.6. The maximum atomic E-state index is 12.8. The number of nitrogen functional groups attached to an aromatic ring is 1. The van der Waals surface area contributed by atoms with Crippen molar-refractivity contribution in [3.63, 3.8) is 0 Å². The van der Waals surface area contributed by atoms with Crippen LogP contribution in [0.5, 0.6) is 11.5 Å². The Bertz CT molecular complexity index is 1010. The summed E-state index contributed by atoms with van der Waals surface area (Å²) in [6.07, 6.45) is 0.744. The maximum absolute atomic E-state index is 12.8. The molecule has 1 fully saturated rings. The Morgan fingerprint density at radius 3 is 2.55 bits per heavy atom. The van der Waals surface area contributed by atoms with E-state index in [1.54, 1.807) is 6.07 Å². The van der Waals surface area contributed by atoms with Gasteiger partial charge in [0.05, 0.1) is 12.9 Å². The second-order valence-electron chi connectivity index (χ2n) is 7.15. The van der Waals surface area contributed by atoms with Crippen LogP contribution in [0.3, 0.4) is 0 Å². The molecule has 3 rings (SSSR count). The van der Waals surface area contributed by atoms with Crippen molar-refractivity contribution in [2.75, 3.05) is 25.9 Å². The van der Waals surface area contributed by atoms with Gasteiger partial charge in [-0.25, -0.2) is 0 Å². The van der Waals surface area contributed by atoms with Crippen LogP contribution in [0, 0.1) is 18.3 Å². The van der Waals surface area contributed by atoms with Crippen LogP contribution in [0.1, 0.15) is 23.5 Å². The molecule has 0 radical (unpaired) electrons. The van der Waals surface area contributed by atoms with Gasteiger partial charge in [-0.2, -0.15) is 8.42 Å². The fraction of sp³-hybridized carbons (Fsp3) is 0.350. The second kappa shape index (κ2) is 8.30. The minimum atomic E-state index is -4.07. The first kappa shape index (κ1) is 20.9. The summed E-state index contributed by atoms with van der Waals surface area (Å²) in [7, 11) is -2.60. The van der Waals surface area contributed by atoms with Gasteiger partial charge in [-0.05, 0) is 61.7 Å². The van der Waals surface area contributed by atoms with Crippen molar-refractivity contribution in [3.05, 3.63) is 47.5 Å². The summed E-state index contributed by atoms with van der Waals surface area (Å²) in [5.74, 6) is 0.252. The monoisotopic (exact) mass is 418 g/mol. The minimum absolute atomic E-state index is 0.000267. The molecule has 8 nitrogen and oxygen atoms in total. The molecule has 29 heavy (non-hydrogen) atoms. The van der Waals surface area contributed by atoms with Crippen LogP contribution >= 0.6 is 0 Å². The predicted octanol–water partition coefficient (Wildman–Crippen LogP) is 1.98. The Balaban J connectivity index is 2.04. The van der Waals surface area contributed by atoms with Crippen LogP contribution in [-0.4, -0.2) is 34.5 Å². The van der Waals surface area contributed by atoms with Gasteiger partial charge < -0.3 is 25.7 Å². The van der Waals surface area contributed by atoms with E-state index in [9.17, 15) is 8.42 Å². The normalized spacial score (nSPS) is 19.5. The van der Waals surface area contributed by atoms with Crippen molar-refractivity contribution < 1.29 is 17.3 Å². The molecular formula is C20H26N4O4S. The molecule has 2 aromatic rings. The van der Waals surface area contributed by atoms with E-state index in [1.807, 2.05) is 13.0 Å². The molecule has 2 unspecified atom stereocenters. The van der Waals surface area contributed by atoms with Gasteiger partial charge in [0.25, 0.3) is 0 Å². The van der Waals surface area contributed by atoms with E-state index in [2.05, 4.69) is 5.32 Å². The summed E-state index contributed by atoms with van der Waals surface area (Å²) >= 11 is 0. The molecule has 0 aromatic heterocycles. The smallest absolute Gasteiger partial charge is 0.339 e. The SMILES string of the molecule is COc1c(OS(=O)(=O)c2ccc(N)cc2)cc(C)cc1C1CCNCC1C(=N)N. The summed E-state index contributed by atoms with van der Waals surface area (Å²) in [5, 5.41) is 11.2. The molecule has 2 atom stereocenters. The highest BCUT2D eigenvalue weighted by Crippen LogP contribution is 2.43. The molecular weight excluding hydrogens is 392 g/mol. The first-order chi connectivity index (χ1) is 13.7. The van der Waals surface area contributed by atoms with Gasteiger partial charge in [0, 0.05) is 23.7 Å². The van der Waals surface area contributed by atoms with Crippen molar-refractivity contribution in [2.24, 2.45) is 11.7 Å². The second-order valence-corrected chi connectivity index (χ2v) is 8.70. The highest BCUT2D eigenvalue weighted by Gasteiger charge is 2.32. The zero-order chi connectivity index (χ0) is 21.2. The van der Waals surface area contributed by atoms with Crippen molar-refractivity contribution in [2.45, 2.75) is 24.2 Å². The van der Waals surface area contributed by atoms with Gasteiger partial charge >= 0.3 is 10.1 Å². The quantitative estimate of drug-likeness (QED) is 0.243. The lowest BCUT2D eigenvalue weighted by Crippen LogP contribution is -2.42. The Hall–Kier alpha value is -2.78. The highest BCUT2D eigenvalue weighted by molar-refractivity contribution is 7.87. The molecule has 0 spiro atoms. The zero-order valence-corrected chi connectivity index (χ0v) is 17.3. The molecule has 6 N–H and O–H groups in total. The third-order valence-electron chi connectivity index (χ3n) is 5.08. The largest absolute Gasteiger partial charge is 0.492 e. The Morgan fingerprint density at radius 2 is 1.93 bits per heavy atom. The molecule has 2 aromatic carbocycles. The minimum Gasteiger partial charge on any atom is -0.492 e. The number of nitrogens with one attached hydrogen (secondary N) is 2. The van der Waals surface area contributed by atoms with Crippen LogP contribution in [0.25, 0.3) is 0 Å². The number of aryl methyl sites for hydroxylation is 1. The molecule has 9 heteroatoms. The highest BCUT2D eigenvalue weighted by atomic mass is 32.2. The number of anilines is 1. The maximum Gasteiger partial charge on any atom is 0.339 e.